The Kier molecular flexibility index (Phi) is 2.45. The minimum atomic E-state index is -0.943. The summed E-state index contributed by atoms with van der Waals surface area (Å²) in [6.45, 7) is 6.79. The van der Waals surface area contributed by atoms with E-state index in [1.807, 2.05) is 0 Å². The summed E-state index contributed by atoms with van der Waals surface area (Å²) in [7, 11) is 0. The van der Waals surface area contributed by atoms with Crippen LogP contribution < -0.4 is 0 Å². The van der Waals surface area contributed by atoms with Crippen molar-refractivity contribution in [2.75, 3.05) is 0 Å². The van der Waals surface area contributed by atoms with Crippen molar-refractivity contribution < 1.29 is 9.90 Å². The zero-order chi connectivity index (χ0) is 11.3. The highest BCUT2D eigenvalue weighted by Crippen LogP contribution is 2.49. The predicted octanol–water partition coefficient (Wildman–Crippen LogP) is 2.54. The number of rotatable bonds is 0. The number of hydrogen-bond acceptors (Lipinski definition) is 2. The first kappa shape index (κ1) is 11.1. The quantitative estimate of drug-likeness (QED) is 0.667. The molecule has 0 amide bonds. The normalized spacial score (nSPS) is 41.7. The summed E-state index contributed by atoms with van der Waals surface area (Å²) >= 11 is 0. The van der Waals surface area contributed by atoms with Crippen LogP contribution in [0.25, 0.3) is 0 Å². The Morgan fingerprint density at radius 3 is 2.60 bits per heavy atom. The van der Waals surface area contributed by atoms with Crippen LogP contribution in [-0.2, 0) is 4.79 Å². The van der Waals surface area contributed by atoms with Gasteiger partial charge in [-0.1, -0.05) is 20.8 Å². The van der Waals surface area contributed by atoms with Crippen LogP contribution in [0.15, 0.2) is 0 Å². The summed E-state index contributed by atoms with van der Waals surface area (Å²) in [4.78, 5) is 11.6. The molecule has 2 nitrogen and oxygen atoms in total. The molecule has 0 aromatic heterocycles. The third-order valence-corrected chi connectivity index (χ3v) is 4.55. The van der Waals surface area contributed by atoms with Crippen LogP contribution in [0.3, 0.4) is 0 Å². The number of fused-ring (bicyclic) bond motifs is 1. The molecule has 0 saturated heterocycles. The molecule has 0 bridgehead atoms. The van der Waals surface area contributed by atoms with Gasteiger partial charge in [-0.05, 0) is 42.9 Å². The fourth-order valence-corrected chi connectivity index (χ4v) is 3.29. The van der Waals surface area contributed by atoms with Crippen LogP contribution in [0.2, 0.25) is 0 Å². The largest absolute Gasteiger partial charge is 0.382 e. The molecule has 0 aromatic carbocycles. The molecule has 86 valence electrons. The first-order valence-electron chi connectivity index (χ1n) is 6.10. The molecule has 3 atom stereocenters. The second-order valence-electron chi connectivity index (χ2n) is 6.42. The van der Waals surface area contributed by atoms with Crippen molar-refractivity contribution >= 4 is 5.78 Å². The molecule has 0 radical (unpaired) electrons. The van der Waals surface area contributed by atoms with Gasteiger partial charge in [0, 0.05) is 6.42 Å². The molecular formula is C13H22O2. The van der Waals surface area contributed by atoms with Crippen LogP contribution in [0.1, 0.15) is 52.9 Å². The molecule has 0 spiro atoms. The standard InChI is InChI=1S/C13H22O2/c1-12(2,3)9-6-7-13(15)10(8-9)4-5-11(13)14/h9-10,15H,4-8H2,1-3H3/t9-,10-,13+/m1/s1. The Morgan fingerprint density at radius 1 is 1.33 bits per heavy atom. The monoisotopic (exact) mass is 210 g/mol. The molecule has 2 aliphatic rings. The van der Waals surface area contributed by atoms with Gasteiger partial charge in [-0.2, -0.15) is 0 Å². The van der Waals surface area contributed by atoms with Crippen LogP contribution in [0.5, 0.6) is 0 Å². The predicted molar refractivity (Wildman–Crippen MR) is 59.5 cm³/mol. The molecule has 2 aliphatic carbocycles. The van der Waals surface area contributed by atoms with Crippen molar-refractivity contribution in [1.29, 1.82) is 0 Å². The highest BCUT2D eigenvalue weighted by atomic mass is 16.3. The van der Waals surface area contributed by atoms with E-state index in [0.717, 1.165) is 19.3 Å². The lowest BCUT2D eigenvalue weighted by Crippen LogP contribution is -2.46. The Morgan fingerprint density at radius 2 is 2.00 bits per heavy atom. The molecule has 2 fully saturated rings. The topological polar surface area (TPSA) is 37.3 Å². The maximum absolute atomic E-state index is 11.6. The van der Waals surface area contributed by atoms with Gasteiger partial charge < -0.3 is 5.11 Å². The highest BCUT2D eigenvalue weighted by Gasteiger charge is 2.52. The lowest BCUT2D eigenvalue weighted by molar-refractivity contribution is -0.142. The van der Waals surface area contributed by atoms with Gasteiger partial charge in [-0.3, -0.25) is 4.79 Å². The molecule has 15 heavy (non-hydrogen) atoms. The minimum absolute atomic E-state index is 0.0971. The van der Waals surface area contributed by atoms with Crippen molar-refractivity contribution in [3.05, 3.63) is 0 Å². The van der Waals surface area contributed by atoms with Gasteiger partial charge in [0.15, 0.2) is 5.78 Å². The van der Waals surface area contributed by atoms with E-state index in [0.29, 0.717) is 24.2 Å². The van der Waals surface area contributed by atoms with Crippen molar-refractivity contribution in [2.45, 2.75) is 58.5 Å². The molecule has 0 aromatic rings. The first-order chi connectivity index (χ1) is 6.84. The summed E-state index contributed by atoms with van der Waals surface area (Å²) in [5.41, 5.74) is -0.630. The maximum Gasteiger partial charge on any atom is 0.164 e. The van der Waals surface area contributed by atoms with E-state index in [9.17, 15) is 9.90 Å². The molecule has 0 unspecified atom stereocenters. The van der Waals surface area contributed by atoms with Crippen molar-refractivity contribution in [2.24, 2.45) is 17.3 Å². The number of hydrogen-bond donors (Lipinski definition) is 1. The van der Waals surface area contributed by atoms with E-state index in [2.05, 4.69) is 20.8 Å². The van der Waals surface area contributed by atoms with Gasteiger partial charge in [-0.15, -0.1) is 0 Å². The van der Waals surface area contributed by atoms with Gasteiger partial charge in [0.25, 0.3) is 0 Å². The lowest BCUT2D eigenvalue weighted by atomic mass is 9.64. The molecular weight excluding hydrogens is 188 g/mol. The molecule has 2 heteroatoms. The Bertz CT molecular complexity index is 277. The summed E-state index contributed by atoms with van der Waals surface area (Å²) in [6, 6.07) is 0. The minimum Gasteiger partial charge on any atom is -0.382 e. The first-order valence-corrected chi connectivity index (χ1v) is 6.10. The summed E-state index contributed by atoms with van der Waals surface area (Å²) in [5, 5.41) is 10.3. The SMILES string of the molecule is CC(C)(C)[C@@H]1CC[C@@]2(O)C(=O)CC[C@@H]2C1. The van der Waals surface area contributed by atoms with Crippen LogP contribution in [0, 0.1) is 17.3 Å². The Balaban J connectivity index is 2.13. The van der Waals surface area contributed by atoms with E-state index < -0.39 is 5.60 Å². The fraction of sp³-hybridized carbons (Fsp3) is 0.923. The van der Waals surface area contributed by atoms with Crippen LogP contribution >= 0.6 is 0 Å². The smallest absolute Gasteiger partial charge is 0.164 e. The van der Waals surface area contributed by atoms with E-state index in [4.69, 9.17) is 0 Å². The zero-order valence-electron chi connectivity index (χ0n) is 10.0. The number of Topliss-reactive ketones (excluding diaryl/α,β-unsaturated/α-hetero) is 1. The van der Waals surface area contributed by atoms with E-state index in [1.165, 1.54) is 0 Å². The number of ketones is 1. The molecule has 0 heterocycles. The average molecular weight is 210 g/mol. The zero-order valence-corrected chi connectivity index (χ0v) is 10.0. The van der Waals surface area contributed by atoms with Gasteiger partial charge in [0.2, 0.25) is 0 Å². The second-order valence-corrected chi connectivity index (χ2v) is 6.42. The van der Waals surface area contributed by atoms with Gasteiger partial charge in [0.1, 0.15) is 5.60 Å². The molecule has 0 aliphatic heterocycles. The van der Waals surface area contributed by atoms with Gasteiger partial charge >= 0.3 is 0 Å². The molecule has 2 saturated carbocycles. The van der Waals surface area contributed by atoms with E-state index in [1.54, 1.807) is 0 Å². The average Bonchev–Trinajstić information content (AvgIpc) is 2.41. The van der Waals surface area contributed by atoms with Crippen molar-refractivity contribution in [1.82, 2.24) is 0 Å². The molecule has 1 N–H and O–H groups in total. The van der Waals surface area contributed by atoms with Crippen molar-refractivity contribution in [3.8, 4) is 0 Å². The third-order valence-electron chi connectivity index (χ3n) is 4.55. The summed E-state index contributed by atoms with van der Waals surface area (Å²) < 4.78 is 0. The Hall–Kier alpha value is -0.370. The number of carbonyl (C=O) groups excluding carboxylic acids is 1. The summed E-state index contributed by atoms with van der Waals surface area (Å²) in [6.07, 6.45) is 4.23. The fourth-order valence-electron chi connectivity index (χ4n) is 3.29. The van der Waals surface area contributed by atoms with E-state index >= 15 is 0 Å². The lowest BCUT2D eigenvalue weighted by Gasteiger charge is -2.42. The van der Waals surface area contributed by atoms with Crippen LogP contribution in [0.4, 0.5) is 0 Å². The second kappa shape index (κ2) is 3.31. The maximum atomic E-state index is 11.6. The number of aliphatic hydroxyl groups is 1. The Labute approximate surface area is 92.1 Å². The molecule has 2 rings (SSSR count). The highest BCUT2D eigenvalue weighted by molar-refractivity contribution is 5.89. The summed E-state index contributed by atoms with van der Waals surface area (Å²) in [5.74, 6) is 0.997. The number of carbonyl (C=O) groups is 1. The van der Waals surface area contributed by atoms with Crippen molar-refractivity contribution in [3.63, 3.8) is 0 Å². The van der Waals surface area contributed by atoms with Crippen LogP contribution in [-0.4, -0.2) is 16.5 Å². The van der Waals surface area contributed by atoms with Gasteiger partial charge in [-0.25, -0.2) is 0 Å². The van der Waals surface area contributed by atoms with E-state index in [-0.39, 0.29) is 11.7 Å². The third kappa shape index (κ3) is 1.73. The van der Waals surface area contributed by atoms with Gasteiger partial charge in [0.05, 0.1) is 0 Å².